The molecule has 3 rings (SSSR count). The minimum absolute atomic E-state index is 0.00130. The number of aromatic nitrogens is 3. The second-order valence-corrected chi connectivity index (χ2v) is 5.72. The molecule has 19 heavy (non-hydrogen) atoms. The Bertz CT molecular complexity index is 706. The Kier molecular flexibility index (Phi) is 2.63. The lowest BCUT2D eigenvalue weighted by atomic mass is 9.90. The molecule has 0 unspecified atom stereocenters. The van der Waals surface area contributed by atoms with Crippen molar-refractivity contribution in [1.29, 1.82) is 0 Å². The largest absolute Gasteiger partial charge is 0.237 e. The molecule has 0 fully saturated rings. The number of fused-ring (bicyclic) bond motifs is 1. The first-order valence-corrected chi connectivity index (χ1v) is 6.47. The second-order valence-electron chi connectivity index (χ2n) is 5.72. The van der Waals surface area contributed by atoms with E-state index in [2.05, 4.69) is 31.8 Å². The summed E-state index contributed by atoms with van der Waals surface area (Å²) < 4.78 is 1.93. The van der Waals surface area contributed by atoms with Gasteiger partial charge in [-0.2, -0.15) is 5.10 Å². The molecule has 2 aromatic heterocycles. The molecule has 3 aromatic rings. The van der Waals surface area contributed by atoms with Crippen molar-refractivity contribution in [2.75, 3.05) is 0 Å². The van der Waals surface area contributed by atoms with Crippen molar-refractivity contribution in [2.24, 2.45) is 0 Å². The van der Waals surface area contributed by atoms with Gasteiger partial charge in [-0.05, 0) is 24.3 Å². The van der Waals surface area contributed by atoms with Gasteiger partial charge in [-0.15, -0.1) is 0 Å². The molecule has 0 aliphatic rings. The van der Waals surface area contributed by atoms with E-state index >= 15 is 0 Å². The molecule has 0 atom stereocenters. The van der Waals surface area contributed by atoms with E-state index < -0.39 is 0 Å². The molecule has 3 nitrogen and oxygen atoms in total. The molecule has 1 aromatic carbocycles. The lowest BCUT2D eigenvalue weighted by molar-refractivity contribution is 0.565. The molecule has 0 N–H and O–H groups in total. The number of nitrogens with zero attached hydrogens (tertiary/aromatic N) is 3. The van der Waals surface area contributed by atoms with Crippen LogP contribution in [0.4, 0.5) is 0 Å². The third-order valence-corrected chi connectivity index (χ3v) is 3.15. The van der Waals surface area contributed by atoms with Gasteiger partial charge < -0.3 is 0 Å². The first-order chi connectivity index (χ1) is 9.07. The van der Waals surface area contributed by atoms with Crippen molar-refractivity contribution >= 4 is 11.0 Å². The third-order valence-electron chi connectivity index (χ3n) is 3.15. The van der Waals surface area contributed by atoms with Crippen LogP contribution >= 0.6 is 0 Å². The molecular formula is C16H17N3. The molecule has 0 amide bonds. The predicted molar refractivity (Wildman–Crippen MR) is 77.6 cm³/mol. The van der Waals surface area contributed by atoms with Gasteiger partial charge in [0.1, 0.15) is 0 Å². The van der Waals surface area contributed by atoms with Crippen molar-refractivity contribution in [1.82, 2.24) is 14.8 Å². The van der Waals surface area contributed by atoms with Gasteiger partial charge in [0, 0.05) is 17.0 Å². The highest BCUT2D eigenvalue weighted by molar-refractivity contribution is 5.80. The quantitative estimate of drug-likeness (QED) is 0.660. The zero-order valence-electron chi connectivity index (χ0n) is 11.5. The lowest BCUT2D eigenvalue weighted by Gasteiger charge is -2.15. The van der Waals surface area contributed by atoms with Crippen LogP contribution in [-0.2, 0) is 5.41 Å². The van der Waals surface area contributed by atoms with Gasteiger partial charge >= 0.3 is 0 Å². The summed E-state index contributed by atoms with van der Waals surface area (Å²) in [6.45, 7) is 6.53. The summed E-state index contributed by atoms with van der Waals surface area (Å²) in [7, 11) is 0. The van der Waals surface area contributed by atoms with E-state index in [0.29, 0.717) is 0 Å². The van der Waals surface area contributed by atoms with Crippen LogP contribution < -0.4 is 0 Å². The van der Waals surface area contributed by atoms with E-state index in [4.69, 9.17) is 5.10 Å². The van der Waals surface area contributed by atoms with Gasteiger partial charge in [0.15, 0.2) is 5.65 Å². The number of para-hydroxylation sites is 1. The van der Waals surface area contributed by atoms with Crippen LogP contribution in [0.3, 0.4) is 0 Å². The fourth-order valence-corrected chi connectivity index (χ4v) is 2.26. The first kappa shape index (κ1) is 11.9. The zero-order chi connectivity index (χ0) is 13.5. The highest BCUT2D eigenvalue weighted by Crippen LogP contribution is 2.29. The van der Waals surface area contributed by atoms with Gasteiger partial charge in [-0.25, -0.2) is 9.67 Å². The Morgan fingerprint density at radius 1 is 0.947 bits per heavy atom. The molecule has 0 aliphatic heterocycles. The molecule has 0 saturated heterocycles. The lowest BCUT2D eigenvalue weighted by Crippen LogP contribution is -2.13. The van der Waals surface area contributed by atoms with Crippen molar-refractivity contribution in [2.45, 2.75) is 26.2 Å². The monoisotopic (exact) mass is 251 g/mol. The van der Waals surface area contributed by atoms with Crippen LogP contribution in [0.2, 0.25) is 0 Å². The standard InChI is InChI=1S/C16H17N3/c1-16(2,3)14-13-10-7-11-17-15(13)19(18-14)12-8-5-4-6-9-12/h4-11H,1-3H3. The molecule has 96 valence electrons. The third kappa shape index (κ3) is 2.01. The SMILES string of the molecule is CC(C)(C)c1nn(-c2ccccc2)c2ncccc12. The number of hydrogen-bond acceptors (Lipinski definition) is 2. The minimum Gasteiger partial charge on any atom is -0.237 e. The van der Waals surface area contributed by atoms with Gasteiger partial charge in [0.05, 0.1) is 11.4 Å². The maximum atomic E-state index is 4.78. The molecular weight excluding hydrogens is 234 g/mol. The first-order valence-electron chi connectivity index (χ1n) is 6.47. The summed E-state index contributed by atoms with van der Waals surface area (Å²) >= 11 is 0. The van der Waals surface area contributed by atoms with E-state index in [9.17, 15) is 0 Å². The molecule has 0 radical (unpaired) electrons. The molecule has 0 spiro atoms. The van der Waals surface area contributed by atoms with E-state index in [0.717, 1.165) is 22.4 Å². The Morgan fingerprint density at radius 2 is 1.68 bits per heavy atom. The molecule has 2 heterocycles. The summed E-state index contributed by atoms with van der Waals surface area (Å²) in [5, 5.41) is 5.91. The summed E-state index contributed by atoms with van der Waals surface area (Å²) in [6, 6.07) is 14.2. The molecule has 3 heteroatoms. The smallest absolute Gasteiger partial charge is 0.163 e. The Labute approximate surface area is 112 Å². The van der Waals surface area contributed by atoms with Gasteiger partial charge in [0.2, 0.25) is 0 Å². The van der Waals surface area contributed by atoms with E-state index in [1.165, 1.54) is 0 Å². The molecule has 0 saturated carbocycles. The Balaban J connectivity index is 2.33. The number of hydrogen-bond donors (Lipinski definition) is 0. The summed E-state index contributed by atoms with van der Waals surface area (Å²) in [5.41, 5.74) is 3.04. The topological polar surface area (TPSA) is 30.7 Å². The summed E-state index contributed by atoms with van der Waals surface area (Å²) in [5.74, 6) is 0. The van der Waals surface area contributed by atoms with Crippen LogP contribution in [0.1, 0.15) is 26.5 Å². The van der Waals surface area contributed by atoms with Crippen LogP contribution in [0, 0.1) is 0 Å². The number of rotatable bonds is 1. The van der Waals surface area contributed by atoms with E-state index in [1.807, 2.05) is 47.3 Å². The minimum atomic E-state index is 0.00130. The normalized spacial score (nSPS) is 11.9. The maximum absolute atomic E-state index is 4.78. The highest BCUT2D eigenvalue weighted by Gasteiger charge is 2.23. The van der Waals surface area contributed by atoms with Gasteiger partial charge in [0.25, 0.3) is 0 Å². The van der Waals surface area contributed by atoms with Crippen LogP contribution in [0.25, 0.3) is 16.7 Å². The van der Waals surface area contributed by atoms with E-state index in [-0.39, 0.29) is 5.41 Å². The van der Waals surface area contributed by atoms with Gasteiger partial charge in [-0.3, -0.25) is 0 Å². The number of benzene rings is 1. The fourth-order valence-electron chi connectivity index (χ4n) is 2.26. The molecule has 0 aliphatic carbocycles. The highest BCUT2D eigenvalue weighted by atomic mass is 15.3. The average Bonchev–Trinajstić information content (AvgIpc) is 2.79. The Morgan fingerprint density at radius 3 is 2.37 bits per heavy atom. The van der Waals surface area contributed by atoms with E-state index in [1.54, 1.807) is 0 Å². The Hall–Kier alpha value is -2.16. The fraction of sp³-hybridized carbons (Fsp3) is 0.250. The maximum Gasteiger partial charge on any atom is 0.163 e. The summed E-state index contributed by atoms with van der Waals surface area (Å²) in [6.07, 6.45) is 1.82. The second kappa shape index (κ2) is 4.19. The van der Waals surface area contributed by atoms with Crippen LogP contribution in [0.5, 0.6) is 0 Å². The molecule has 0 bridgehead atoms. The van der Waals surface area contributed by atoms with Crippen molar-refractivity contribution in [3.63, 3.8) is 0 Å². The van der Waals surface area contributed by atoms with Crippen molar-refractivity contribution in [3.05, 3.63) is 54.4 Å². The summed E-state index contributed by atoms with van der Waals surface area (Å²) in [4.78, 5) is 4.49. The van der Waals surface area contributed by atoms with Gasteiger partial charge in [-0.1, -0.05) is 39.0 Å². The van der Waals surface area contributed by atoms with Crippen molar-refractivity contribution < 1.29 is 0 Å². The zero-order valence-corrected chi connectivity index (χ0v) is 11.5. The average molecular weight is 251 g/mol. The van der Waals surface area contributed by atoms with Crippen molar-refractivity contribution in [3.8, 4) is 5.69 Å². The van der Waals surface area contributed by atoms with Crippen LogP contribution in [-0.4, -0.2) is 14.8 Å². The predicted octanol–water partition coefficient (Wildman–Crippen LogP) is 3.72. The van der Waals surface area contributed by atoms with Crippen LogP contribution in [0.15, 0.2) is 48.7 Å². The number of pyridine rings is 1.